The molecule has 158 valence electrons. The summed E-state index contributed by atoms with van der Waals surface area (Å²) in [4.78, 5) is 28.0. The van der Waals surface area contributed by atoms with E-state index in [4.69, 9.17) is 4.74 Å². The minimum atomic E-state index is -1.00. The van der Waals surface area contributed by atoms with Gasteiger partial charge in [-0.15, -0.1) is 0 Å². The monoisotopic (exact) mass is 410 g/mol. The Labute approximate surface area is 175 Å². The molecule has 1 aromatic heterocycles. The minimum Gasteiger partial charge on any atom is -0.465 e. The van der Waals surface area contributed by atoms with Crippen LogP contribution in [0.5, 0.6) is 0 Å². The lowest BCUT2D eigenvalue weighted by molar-refractivity contribution is -0.120. The van der Waals surface area contributed by atoms with Crippen molar-refractivity contribution in [3.8, 4) is 11.1 Å². The topological polar surface area (TPSA) is 87.9 Å². The molecule has 0 radical (unpaired) electrons. The molecule has 0 unspecified atom stereocenters. The molecule has 1 saturated heterocycles. The van der Waals surface area contributed by atoms with Crippen LogP contribution in [0.3, 0.4) is 0 Å². The highest BCUT2D eigenvalue weighted by Gasteiger charge is 2.41. The lowest BCUT2D eigenvalue weighted by Crippen LogP contribution is -2.52. The van der Waals surface area contributed by atoms with Gasteiger partial charge >= 0.3 is 6.09 Å². The molecule has 1 aliphatic carbocycles. The van der Waals surface area contributed by atoms with Gasteiger partial charge in [-0.25, -0.2) is 4.79 Å². The first-order chi connectivity index (χ1) is 14.5. The van der Waals surface area contributed by atoms with E-state index in [2.05, 4.69) is 5.10 Å². The second kappa shape index (κ2) is 7.43. The van der Waals surface area contributed by atoms with Gasteiger partial charge in [0.25, 0.3) is 0 Å². The number of fused-ring (bicyclic) bond motifs is 1. The first kappa shape index (κ1) is 19.1. The van der Waals surface area contributed by atoms with Gasteiger partial charge in [0, 0.05) is 37.4 Å². The Morgan fingerprint density at radius 1 is 1.10 bits per heavy atom. The largest absolute Gasteiger partial charge is 0.465 e. The summed E-state index contributed by atoms with van der Waals surface area (Å²) in [6, 6.07) is 5.84. The Hall–Kier alpha value is -2.87. The Balaban J connectivity index is 1.50. The number of amides is 2. The molecule has 1 N–H and O–H groups in total. The fourth-order valence-electron chi connectivity index (χ4n) is 4.49. The van der Waals surface area contributed by atoms with Crippen LogP contribution < -0.4 is 9.80 Å². The zero-order valence-corrected chi connectivity index (χ0v) is 17.0. The summed E-state index contributed by atoms with van der Waals surface area (Å²) in [5.74, 6) is 0.183. The third-order valence-corrected chi connectivity index (χ3v) is 6.31. The molecule has 3 aliphatic rings. The molecule has 3 heterocycles. The van der Waals surface area contributed by atoms with Crippen LogP contribution in [0, 0.1) is 5.92 Å². The van der Waals surface area contributed by atoms with Crippen molar-refractivity contribution in [2.75, 3.05) is 29.6 Å². The van der Waals surface area contributed by atoms with Crippen molar-refractivity contribution in [2.45, 2.75) is 44.7 Å². The number of ether oxygens (including phenoxy) is 1. The first-order valence-corrected chi connectivity index (χ1v) is 10.6. The van der Waals surface area contributed by atoms with E-state index in [0.717, 1.165) is 50.0 Å². The van der Waals surface area contributed by atoms with Crippen molar-refractivity contribution in [3.05, 3.63) is 30.6 Å². The van der Waals surface area contributed by atoms with Crippen LogP contribution in [0.2, 0.25) is 0 Å². The number of hydrogen-bond acceptors (Lipinski definition) is 4. The molecule has 2 aromatic rings. The fourth-order valence-corrected chi connectivity index (χ4v) is 4.49. The Kier molecular flexibility index (Phi) is 4.73. The minimum absolute atomic E-state index is 0.0778. The first-order valence-electron chi connectivity index (χ1n) is 10.6. The van der Waals surface area contributed by atoms with Gasteiger partial charge in [0.2, 0.25) is 5.91 Å². The molecular weight excluding hydrogens is 384 g/mol. The van der Waals surface area contributed by atoms with Crippen molar-refractivity contribution in [3.63, 3.8) is 0 Å². The number of aromatic nitrogens is 2. The molecule has 1 aromatic carbocycles. The fraction of sp³-hybridized carbons (Fsp3) is 0.500. The van der Waals surface area contributed by atoms with Crippen molar-refractivity contribution >= 4 is 23.4 Å². The standard InChI is InChI=1S/C22H26N4O4/c1-14-12-24(22(28)29)20-10-16(4-5-19(20)26(14)21(27)15-2-3-15)17-11-23-25(13-17)18-6-8-30-9-7-18/h4-5,10-11,13-15,18H,2-3,6-9,12H2,1H3,(H,28,29)/t14-/m0/s1. The SMILES string of the molecule is C[C@H]1CN(C(=O)O)c2cc(-c3cnn(C4CCOCC4)c3)ccc2N1C(=O)C1CC1. The summed E-state index contributed by atoms with van der Waals surface area (Å²) in [5, 5.41) is 14.3. The number of benzene rings is 1. The maximum Gasteiger partial charge on any atom is 0.411 e. The molecule has 2 aliphatic heterocycles. The van der Waals surface area contributed by atoms with Crippen molar-refractivity contribution in [1.82, 2.24) is 9.78 Å². The van der Waals surface area contributed by atoms with E-state index in [-0.39, 0.29) is 24.4 Å². The molecule has 5 rings (SSSR count). The van der Waals surface area contributed by atoms with Crippen LogP contribution in [-0.2, 0) is 9.53 Å². The van der Waals surface area contributed by atoms with E-state index in [1.54, 1.807) is 4.90 Å². The molecule has 1 atom stereocenters. The van der Waals surface area contributed by atoms with Crippen LogP contribution in [-0.4, -0.2) is 52.7 Å². The second-order valence-electron chi connectivity index (χ2n) is 8.48. The lowest BCUT2D eigenvalue weighted by Gasteiger charge is -2.40. The quantitative estimate of drug-likeness (QED) is 0.836. The summed E-state index contributed by atoms with van der Waals surface area (Å²) < 4.78 is 7.42. The number of carbonyl (C=O) groups is 2. The highest BCUT2D eigenvalue weighted by Crippen LogP contribution is 2.42. The predicted octanol–water partition coefficient (Wildman–Crippen LogP) is 3.53. The third-order valence-electron chi connectivity index (χ3n) is 6.31. The number of anilines is 2. The van der Waals surface area contributed by atoms with Gasteiger partial charge < -0.3 is 14.7 Å². The lowest BCUT2D eigenvalue weighted by atomic mass is 10.0. The Morgan fingerprint density at radius 2 is 1.87 bits per heavy atom. The van der Waals surface area contributed by atoms with Crippen LogP contribution in [0.1, 0.15) is 38.6 Å². The molecule has 2 fully saturated rings. The normalized spacial score (nSPS) is 22.1. The average Bonchev–Trinajstić information content (AvgIpc) is 3.49. The Bertz CT molecular complexity index is 977. The number of hydrogen-bond donors (Lipinski definition) is 1. The van der Waals surface area contributed by atoms with E-state index >= 15 is 0 Å². The summed E-state index contributed by atoms with van der Waals surface area (Å²) in [6.45, 7) is 3.67. The van der Waals surface area contributed by atoms with E-state index < -0.39 is 6.09 Å². The van der Waals surface area contributed by atoms with Crippen LogP contribution in [0.4, 0.5) is 16.2 Å². The number of nitrogens with zero attached hydrogens (tertiary/aromatic N) is 4. The molecule has 2 amide bonds. The second-order valence-corrected chi connectivity index (χ2v) is 8.48. The number of carbonyl (C=O) groups excluding carboxylic acids is 1. The van der Waals surface area contributed by atoms with Gasteiger partial charge in [-0.3, -0.25) is 14.4 Å². The van der Waals surface area contributed by atoms with E-state index in [9.17, 15) is 14.7 Å². The zero-order chi connectivity index (χ0) is 20.8. The summed E-state index contributed by atoms with van der Waals surface area (Å²) >= 11 is 0. The van der Waals surface area contributed by atoms with Crippen LogP contribution in [0.15, 0.2) is 30.6 Å². The number of rotatable bonds is 3. The molecule has 8 nitrogen and oxygen atoms in total. The van der Waals surface area contributed by atoms with Crippen molar-refractivity contribution < 1.29 is 19.4 Å². The molecule has 0 spiro atoms. The predicted molar refractivity (Wildman–Crippen MR) is 112 cm³/mol. The maximum absolute atomic E-state index is 12.9. The van der Waals surface area contributed by atoms with Gasteiger partial charge in [0.1, 0.15) is 0 Å². The van der Waals surface area contributed by atoms with Crippen molar-refractivity contribution in [1.29, 1.82) is 0 Å². The van der Waals surface area contributed by atoms with E-state index in [0.29, 0.717) is 17.4 Å². The zero-order valence-electron chi connectivity index (χ0n) is 17.0. The van der Waals surface area contributed by atoms with E-state index in [1.165, 1.54) is 4.90 Å². The average molecular weight is 410 g/mol. The molecular formula is C22H26N4O4. The molecule has 0 bridgehead atoms. The van der Waals surface area contributed by atoms with Gasteiger partial charge in [-0.2, -0.15) is 5.10 Å². The van der Waals surface area contributed by atoms with Gasteiger partial charge in [-0.05, 0) is 50.3 Å². The summed E-state index contributed by atoms with van der Waals surface area (Å²) in [5.41, 5.74) is 3.07. The number of carboxylic acid groups (broad SMARTS) is 1. The molecule has 30 heavy (non-hydrogen) atoms. The molecule has 1 saturated carbocycles. The van der Waals surface area contributed by atoms with Gasteiger partial charge in [0.05, 0.1) is 29.7 Å². The maximum atomic E-state index is 12.9. The summed E-state index contributed by atoms with van der Waals surface area (Å²) in [7, 11) is 0. The Morgan fingerprint density at radius 3 is 2.57 bits per heavy atom. The highest BCUT2D eigenvalue weighted by atomic mass is 16.5. The summed E-state index contributed by atoms with van der Waals surface area (Å²) in [6.07, 6.45) is 6.55. The van der Waals surface area contributed by atoms with Gasteiger partial charge in [-0.1, -0.05) is 6.07 Å². The van der Waals surface area contributed by atoms with Crippen molar-refractivity contribution in [2.24, 2.45) is 5.92 Å². The van der Waals surface area contributed by atoms with Crippen LogP contribution in [0.25, 0.3) is 11.1 Å². The van der Waals surface area contributed by atoms with Gasteiger partial charge in [0.15, 0.2) is 0 Å². The highest BCUT2D eigenvalue weighted by molar-refractivity contribution is 6.04. The van der Waals surface area contributed by atoms with Crippen LogP contribution >= 0.6 is 0 Å². The smallest absolute Gasteiger partial charge is 0.411 e. The van der Waals surface area contributed by atoms with E-state index in [1.807, 2.05) is 42.2 Å². The molecule has 8 heteroatoms. The third kappa shape index (κ3) is 3.35.